The largest absolute Gasteiger partial charge is 0.0622 e. The molecule has 44 heavy (non-hydrogen) atoms. The Balaban J connectivity index is 1.56. The lowest BCUT2D eigenvalue weighted by molar-refractivity contribution is 0.590. The fraction of sp³-hybridized carbons (Fsp3) is 0.0909. The van der Waals surface area contributed by atoms with Crippen LogP contribution in [0.2, 0.25) is 0 Å². The van der Waals surface area contributed by atoms with E-state index in [0.717, 1.165) is 0 Å². The molecule has 0 fully saturated rings. The molecule has 8 rings (SSSR count). The first kappa shape index (κ1) is 26.4. The molecule has 0 spiro atoms. The first-order chi connectivity index (χ1) is 21.5. The highest BCUT2D eigenvalue weighted by atomic mass is 14.2. The lowest BCUT2D eigenvalue weighted by Crippen LogP contribution is -2.10. The van der Waals surface area contributed by atoms with Gasteiger partial charge in [-0.05, 0) is 99.6 Å². The molecular weight excluding hydrogens is 528 g/mol. The van der Waals surface area contributed by atoms with Crippen LogP contribution in [0.15, 0.2) is 152 Å². The Morgan fingerprint density at radius 2 is 0.909 bits per heavy atom. The topological polar surface area (TPSA) is 0 Å². The van der Waals surface area contributed by atoms with Gasteiger partial charge in [0.05, 0.1) is 0 Å². The third-order valence-corrected chi connectivity index (χ3v) is 9.19. The van der Waals surface area contributed by atoms with Gasteiger partial charge in [-0.25, -0.2) is 0 Å². The number of benzene rings is 8. The third-order valence-electron chi connectivity index (χ3n) is 9.19. The predicted octanol–water partition coefficient (Wildman–Crippen LogP) is 12.6. The molecule has 0 heterocycles. The Morgan fingerprint density at radius 3 is 1.57 bits per heavy atom. The molecule has 0 unspecified atom stereocenters. The average Bonchev–Trinajstić information content (AvgIpc) is 3.06. The standard InChI is InChI=1S/C44H34/c1-44(2,3)34-24-21-31(22-25-34)41-36-19-11-12-20-37(36)42(38-26-23-30-15-9-10-18-35(30)43(38)41)40-28-33-17-8-7-16-32(33)27-39(40)29-13-5-4-6-14-29/h4-28H,1-3H3. The molecule has 0 aromatic heterocycles. The van der Waals surface area contributed by atoms with Gasteiger partial charge < -0.3 is 0 Å². The van der Waals surface area contributed by atoms with Crippen molar-refractivity contribution in [2.75, 3.05) is 0 Å². The molecule has 0 aliphatic rings. The summed E-state index contributed by atoms with van der Waals surface area (Å²) < 4.78 is 0. The van der Waals surface area contributed by atoms with E-state index < -0.39 is 0 Å². The van der Waals surface area contributed by atoms with Gasteiger partial charge in [-0.15, -0.1) is 0 Å². The van der Waals surface area contributed by atoms with Gasteiger partial charge >= 0.3 is 0 Å². The van der Waals surface area contributed by atoms with E-state index in [0.29, 0.717) is 0 Å². The minimum absolute atomic E-state index is 0.100. The molecule has 0 bridgehead atoms. The zero-order chi connectivity index (χ0) is 29.8. The summed E-state index contributed by atoms with van der Waals surface area (Å²) in [6.45, 7) is 6.84. The van der Waals surface area contributed by atoms with Crippen LogP contribution >= 0.6 is 0 Å². The van der Waals surface area contributed by atoms with E-state index in [1.165, 1.54) is 82.0 Å². The van der Waals surface area contributed by atoms with E-state index in [1.807, 2.05) is 0 Å². The van der Waals surface area contributed by atoms with Crippen LogP contribution in [0.25, 0.3) is 76.5 Å². The van der Waals surface area contributed by atoms with Crippen molar-refractivity contribution in [2.45, 2.75) is 26.2 Å². The van der Waals surface area contributed by atoms with Crippen LogP contribution in [0.4, 0.5) is 0 Å². The summed E-state index contributed by atoms with van der Waals surface area (Å²) in [5.41, 5.74) is 9.05. The SMILES string of the molecule is CC(C)(C)c1ccc(-c2c3ccccc3c(-c3cc4ccccc4cc3-c3ccccc3)c3ccc4ccccc4c23)cc1. The van der Waals surface area contributed by atoms with Crippen LogP contribution in [0, 0.1) is 0 Å². The summed E-state index contributed by atoms with van der Waals surface area (Å²) in [7, 11) is 0. The van der Waals surface area contributed by atoms with Crippen LogP contribution in [0.3, 0.4) is 0 Å². The second kappa shape index (κ2) is 10.2. The van der Waals surface area contributed by atoms with Crippen molar-refractivity contribution in [3.05, 3.63) is 157 Å². The molecule has 0 radical (unpaired) electrons. The van der Waals surface area contributed by atoms with Crippen molar-refractivity contribution in [2.24, 2.45) is 0 Å². The van der Waals surface area contributed by atoms with Crippen molar-refractivity contribution in [3.63, 3.8) is 0 Å². The van der Waals surface area contributed by atoms with Gasteiger partial charge in [0.1, 0.15) is 0 Å². The zero-order valence-corrected chi connectivity index (χ0v) is 25.4. The maximum atomic E-state index is 2.41. The average molecular weight is 563 g/mol. The van der Waals surface area contributed by atoms with Gasteiger partial charge in [-0.3, -0.25) is 0 Å². The quantitative estimate of drug-likeness (QED) is 0.148. The highest BCUT2D eigenvalue weighted by molar-refractivity contribution is 6.28. The lowest BCUT2D eigenvalue weighted by atomic mass is 9.81. The van der Waals surface area contributed by atoms with Gasteiger partial charge in [0.15, 0.2) is 0 Å². The van der Waals surface area contributed by atoms with E-state index in [2.05, 4.69) is 172 Å². The molecule has 0 aliphatic heterocycles. The highest BCUT2D eigenvalue weighted by Gasteiger charge is 2.22. The van der Waals surface area contributed by atoms with E-state index in [9.17, 15) is 0 Å². The van der Waals surface area contributed by atoms with Crippen LogP contribution in [0.5, 0.6) is 0 Å². The van der Waals surface area contributed by atoms with Crippen molar-refractivity contribution in [3.8, 4) is 33.4 Å². The summed E-state index contributed by atoms with van der Waals surface area (Å²) >= 11 is 0. The molecule has 8 aromatic rings. The first-order valence-electron chi connectivity index (χ1n) is 15.5. The Bertz CT molecular complexity index is 2330. The second-order valence-corrected chi connectivity index (χ2v) is 12.9. The molecule has 0 saturated carbocycles. The van der Waals surface area contributed by atoms with Crippen LogP contribution in [-0.2, 0) is 5.41 Å². The molecule has 0 amide bonds. The van der Waals surface area contributed by atoms with E-state index in [1.54, 1.807) is 0 Å². The van der Waals surface area contributed by atoms with E-state index in [-0.39, 0.29) is 5.41 Å². The van der Waals surface area contributed by atoms with Gasteiger partial charge in [0, 0.05) is 0 Å². The van der Waals surface area contributed by atoms with E-state index >= 15 is 0 Å². The Labute approximate surface area is 259 Å². The van der Waals surface area contributed by atoms with Gasteiger partial charge in [0.2, 0.25) is 0 Å². The third kappa shape index (κ3) is 4.29. The summed E-state index contributed by atoms with van der Waals surface area (Å²) in [4.78, 5) is 0. The van der Waals surface area contributed by atoms with Crippen molar-refractivity contribution >= 4 is 43.1 Å². The summed E-state index contributed by atoms with van der Waals surface area (Å²) in [5.74, 6) is 0. The molecule has 0 N–H and O–H groups in total. The van der Waals surface area contributed by atoms with Crippen molar-refractivity contribution in [1.29, 1.82) is 0 Å². The van der Waals surface area contributed by atoms with E-state index in [4.69, 9.17) is 0 Å². The highest BCUT2D eigenvalue weighted by Crippen LogP contribution is 2.48. The summed E-state index contributed by atoms with van der Waals surface area (Å²) in [5, 5.41) is 10.2. The monoisotopic (exact) mass is 562 g/mol. The predicted molar refractivity (Wildman–Crippen MR) is 191 cm³/mol. The van der Waals surface area contributed by atoms with Crippen molar-refractivity contribution in [1.82, 2.24) is 0 Å². The van der Waals surface area contributed by atoms with Gasteiger partial charge in [-0.2, -0.15) is 0 Å². The summed E-state index contributed by atoms with van der Waals surface area (Å²) in [6, 6.07) is 56.2. The minimum atomic E-state index is 0.100. The number of hydrogen-bond donors (Lipinski definition) is 0. The summed E-state index contributed by atoms with van der Waals surface area (Å²) in [6.07, 6.45) is 0. The fourth-order valence-corrected chi connectivity index (χ4v) is 6.98. The minimum Gasteiger partial charge on any atom is -0.0622 e. The molecule has 210 valence electrons. The fourth-order valence-electron chi connectivity index (χ4n) is 6.98. The van der Waals surface area contributed by atoms with Crippen LogP contribution in [-0.4, -0.2) is 0 Å². The van der Waals surface area contributed by atoms with Crippen LogP contribution < -0.4 is 0 Å². The molecule has 0 saturated heterocycles. The maximum absolute atomic E-state index is 2.41. The zero-order valence-electron chi connectivity index (χ0n) is 25.4. The van der Waals surface area contributed by atoms with Gasteiger partial charge in [0.25, 0.3) is 0 Å². The molecule has 8 aromatic carbocycles. The van der Waals surface area contributed by atoms with Crippen LogP contribution in [0.1, 0.15) is 26.3 Å². The molecular formula is C44H34. The maximum Gasteiger partial charge on any atom is -0.00141 e. The number of rotatable bonds is 3. The molecule has 0 aliphatic carbocycles. The number of hydrogen-bond acceptors (Lipinski definition) is 0. The van der Waals surface area contributed by atoms with Gasteiger partial charge in [-0.1, -0.05) is 160 Å². The Morgan fingerprint density at radius 1 is 0.364 bits per heavy atom. The Kier molecular flexibility index (Phi) is 6.13. The normalized spacial score (nSPS) is 12.0. The molecule has 0 nitrogen and oxygen atoms in total. The molecule has 0 atom stereocenters. The first-order valence-corrected chi connectivity index (χ1v) is 15.5. The Hall–Kier alpha value is -5.20. The lowest BCUT2D eigenvalue weighted by Gasteiger charge is -2.22. The van der Waals surface area contributed by atoms with Crippen molar-refractivity contribution < 1.29 is 0 Å². The smallest absolute Gasteiger partial charge is 0.00141 e. The molecule has 0 heteroatoms. The number of fused-ring (bicyclic) bond motifs is 5. The second-order valence-electron chi connectivity index (χ2n) is 12.9.